The van der Waals surface area contributed by atoms with Gasteiger partial charge in [0.05, 0.1) is 0 Å². The van der Waals surface area contributed by atoms with Crippen LogP contribution in [0.1, 0.15) is 5.56 Å². The van der Waals surface area contributed by atoms with Crippen molar-refractivity contribution in [3.8, 4) is 0 Å². The smallest absolute Gasteiger partial charge is 0.550 e. The molecular formula is C8H8HgNO2. The van der Waals surface area contributed by atoms with Gasteiger partial charge in [-0.1, -0.05) is 12.1 Å². The van der Waals surface area contributed by atoms with E-state index in [4.69, 9.17) is 5.73 Å². The maximum absolute atomic E-state index is 10.1. The van der Waals surface area contributed by atoms with Crippen LogP contribution in [0.15, 0.2) is 24.3 Å². The van der Waals surface area contributed by atoms with Crippen LogP contribution in [-0.2, 0) is 38.9 Å². The number of carbonyl (C=O) groups excluding carboxylic acids is 1. The van der Waals surface area contributed by atoms with Crippen LogP contribution in [0.5, 0.6) is 0 Å². The molecule has 3 nitrogen and oxygen atoms in total. The third-order valence-corrected chi connectivity index (χ3v) is 1.33. The summed E-state index contributed by atoms with van der Waals surface area (Å²) in [5, 5.41) is 10.1. The largest absolute Gasteiger partial charge is 1.00 e. The molecule has 0 saturated carbocycles. The SMILES string of the molecule is Nc1ccc(CC(=O)[O-])cc1.[Hg+]. The summed E-state index contributed by atoms with van der Waals surface area (Å²) in [5.74, 6) is -1.07. The zero-order chi connectivity index (χ0) is 8.27. The van der Waals surface area contributed by atoms with Crippen LogP contribution in [0.25, 0.3) is 0 Å². The molecule has 0 amide bonds. The molecule has 0 aliphatic carbocycles. The van der Waals surface area contributed by atoms with Gasteiger partial charge in [0.2, 0.25) is 0 Å². The van der Waals surface area contributed by atoms with E-state index in [1.807, 2.05) is 0 Å². The van der Waals surface area contributed by atoms with Gasteiger partial charge >= 0.3 is 27.7 Å². The van der Waals surface area contributed by atoms with E-state index in [-0.39, 0.29) is 34.1 Å². The Hall–Kier alpha value is -0.575. The summed E-state index contributed by atoms with van der Waals surface area (Å²) in [5.41, 5.74) is 6.73. The van der Waals surface area contributed by atoms with Crippen LogP contribution in [0.4, 0.5) is 5.69 Å². The van der Waals surface area contributed by atoms with E-state index >= 15 is 0 Å². The molecule has 0 spiro atoms. The number of carboxylic acid groups (broad SMARTS) is 1. The molecule has 1 radical (unpaired) electrons. The van der Waals surface area contributed by atoms with Gasteiger partial charge in [-0.3, -0.25) is 0 Å². The Balaban J connectivity index is 0.00000121. The van der Waals surface area contributed by atoms with Gasteiger partial charge in [-0.25, -0.2) is 0 Å². The van der Waals surface area contributed by atoms with E-state index in [0.29, 0.717) is 11.3 Å². The first kappa shape index (κ1) is 11.4. The Bertz CT molecular complexity index is 258. The van der Waals surface area contributed by atoms with E-state index < -0.39 is 5.97 Å². The topological polar surface area (TPSA) is 66.2 Å². The number of hydrogen-bond donors (Lipinski definition) is 1. The number of aliphatic carboxylic acids is 1. The fourth-order valence-corrected chi connectivity index (χ4v) is 0.802. The van der Waals surface area contributed by atoms with Crippen molar-refractivity contribution in [2.24, 2.45) is 0 Å². The maximum Gasteiger partial charge on any atom is 1.00 e. The van der Waals surface area contributed by atoms with Gasteiger partial charge in [0.15, 0.2) is 0 Å². The molecule has 0 aromatic heterocycles. The molecule has 0 atom stereocenters. The van der Waals surface area contributed by atoms with Gasteiger partial charge in [-0.15, -0.1) is 0 Å². The first-order chi connectivity index (χ1) is 5.18. The fraction of sp³-hybridized carbons (Fsp3) is 0.125. The molecule has 0 bridgehead atoms. The molecule has 1 aromatic rings. The van der Waals surface area contributed by atoms with Crippen molar-refractivity contribution in [3.63, 3.8) is 0 Å². The van der Waals surface area contributed by atoms with Gasteiger partial charge in [-0.2, -0.15) is 0 Å². The summed E-state index contributed by atoms with van der Waals surface area (Å²) in [4.78, 5) is 10.1. The van der Waals surface area contributed by atoms with E-state index in [9.17, 15) is 9.90 Å². The van der Waals surface area contributed by atoms with Crippen molar-refractivity contribution < 1.29 is 37.6 Å². The molecule has 0 aliphatic rings. The Morgan fingerprint density at radius 3 is 2.25 bits per heavy atom. The Morgan fingerprint density at radius 2 is 1.83 bits per heavy atom. The molecule has 2 N–H and O–H groups in total. The monoisotopic (exact) mass is 352 g/mol. The van der Waals surface area contributed by atoms with E-state index in [1.165, 1.54) is 0 Å². The normalized spacial score (nSPS) is 8.67. The Morgan fingerprint density at radius 1 is 1.33 bits per heavy atom. The van der Waals surface area contributed by atoms with Crippen LogP contribution in [0.3, 0.4) is 0 Å². The molecule has 0 fully saturated rings. The van der Waals surface area contributed by atoms with Gasteiger partial charge < -0.3 is 15.6 Å². The van der Waals surface area contributed by atoms with Crippen molar-refractivity contribution in [3.05, 3.63) is 29.8 Å². The molecule has 0 saturated heterocycles. The molecule has 12 heavy (non-hydrogen) atoms. The zero-order valence-electron chi connectivity index (χ0n) is 6.62. The molecule has 4 heteroatoms. The molecule has 0 unspecified atom stereocenters. The van der Waals surface area contributed by atoms with Crippen LogP contribution >= 0.6 is 0 Å². The van der Waals surface area contributed by atoms with E-state index in [0.717, 1.165) is 0 Å². The molecule has 0 aliphatic heterocycles. The summed E-state index contributed by atoms with van der Waals surface area (Å²) < 4.78 is 0. The summed E-state index contributed by atoms with van der Waals surface area (Å²) in [7, 11) is 0. The number of carbonyl (C=O) groups is 1. The molecular weight excluding hydrogens is 343 g/mol. The third-order valence-electron chi connectivity index (χ3n) is 1.33. The fourth-order valence-electron chi connectivity index (χ4n) is 0.802. The number of anilines is 1. The number of carboxylic acids is 1. The number of benzene rings is 1. The minimum Gasteiger partial charge on any atom is -0.550 e. The minimum atomic E-state index is -1.07. The van der Waals surface area contributed by atoms with Crippen LogP contribution in [0, 0.1) is 0 Å². The van der Waals surface area contributed by atoms with Crippen molar-refractivity contribution in [2.75, 3.05) is 5.73 Å². The summed E-state index contributed by atoms with van der Waals surface area (Å²) >= 11 is 0. The summed E-state index contributed by atoms with van der Waals surface area (Å²) in [6, 6.07) is 6.67. The molecule has 1 aromatic carbocycles. The number of nitrogens with two attached hydrogens (primary N) is 1. The molecule has 0 heterocycles. The van der Waals surface area contributed by atoms with Gasteiger partial charge in [0.1, 0.15) is 0 Å². The Kier molecular flexibility index (Phi) is 4.89. The number of rotatable bonds is 2. The van der Waals surface area contributed by atoms with Gasteiger partial charge in [-0.05, 0) is 17.7 Å². The van der Waals surface area contributed by atoms with Crippen molar-refractivity contribution >= 4 is 11.7 Å². The van der Waals surface area contributed by atoms with Crippen LogP contribution < -0.4 is 10.8 Å². The quantitative estimate of drug-likeness (QED) is 0.581. The predicted molar refractivity (Wildman–Crippen MR) is 39.6 cm³/mol. The van der Waals surface area contributed by atoms with Crippen molar-refractivity contribution in [1.82, 2.24) is 0 Å². The second-order valence-electron chi connectivity index (χ2n) is 2.29. The number of hydrogen-bond acceptors (Lipinski definition) is 3. The summed E-state index contributed by atoms with van der Waals surface area (Å²) in [6.07, 6.45) is -0.0553. The van der Waals surface area contributed by atoms with Crippen molar-refractivity contribution in [1.29, 1.82) is 0 Å². The summed E-state index contributed by atoms with van der Waals surface area (Å²) in [6.45, 7) is 0. The third kappa shape index (κ3) is 3.71. The standard InChI is InChI=1S/C8H9NO2.Hg/c9-7-3-1-6(2-4-7)5-8(10)11;/h1-4H,5,9H2,(H,10,11);/q;+1/p-1. The van der Waals surface area contributed by atoms with Gasteiger partial charge in [0, 0.05) is 18.1 Å². The van der Waals surface area contributed by atoms with E-state index in [1.54, 1.807) is 24.3 Å². The molecule has 59 valence electrons. The average molecular weight is 351 g/mol. The van der Waals surface area contributed by atoms with Crippen molar-refractivity contribution in [2.45, 2.75) is 6.42 Å². The zero-order valence-corrected chi connectivity index (χ0v) is 12.1. The predicted octanol–water partition coefficient (Wildman–Crippen LogP) is -0.441. The van der Waals surface area contributed by atoms with Crippen LogP contribution in [0.2, 0.25) is 0 Å². The van der Waals surface area contributed by atoms with E-state index in [2.05, 4.69) is 0 Å². The average Bonchev–Trinajstić information content (AvgIpc) is 1.93. The second kappa shape index (κ2) is 5.14. The first-order valence-electron chi connectivity index (χ1n) is 3.23. The molecule has 1 rings (SSSR count). The second-order valence-corrected chi connectivity index (χ2v) is 2.29. The minimum absolute atomic E-state index is 0. The van der Waals surface area contributed by atoms with Gasteiger partial charge in [0.25, 0.3) is 0 Å². The first-order valence-corrected chi connectivity index (χ1v) is 3.23. The Labute approximate surface area is 91.1 Å². The number of nitrogen functional groups attached to an aromatic ring is 1. The van der Waals surface area contributed by atoms with Crippen LogP contribution in [-0.4, -0.2) is 5.97 Å². The maximum atomic E-state index is 10.1.